The highest BCUT2D eigenvalue weighted by Crippen LogP contribution is 2.19. The van der Waals surface area contributed by atoms with Crippen molar-refractivity contribution in [2.24, 2.45) is 0 Å². The normalized spacial score (nSPS) is 10.9. The van der Waals surface area contributed by atoms with Gasteiger partial charge in [0.2, 0.25) is 5.91 Å². The standard InChI is InChI=1S/C13H16FN3O4/c1-13(2,3)16-11(18)7-15-12(19)9-6-8(14)4-5-10(9)17(20)21/h4-6H,7H2,1-3H3,(H,15,19)(H,16,18). The largest absolute Gasteiger partial charge is 0.350 e. The highest BCUT2D eigenvalue weighted by Gasteiger charge is 2.22. The maximum atomic E-state index is 13.1. The van der Waals surface area contributed by atoms with Gasteiger partial charge in [-0.25, -0.2) is 4.39 Å². The first-order valence-electron chi connectivity index (χ1n) is 6.13. The first-order valence-corrected chi connectivity index (χ1v) is 6.13. The van der Waals surface area contributed by atoms with Crippen LogP contribution in [-0.2, 0) is 4.79 Å². The minimum Gasteiger partial charge on any atom is -0.350 e. The topological polar surface area (TPSA) is 101 Å². The zero-order valence-electron chi connectivity index (χ0n) is 11.9. The summed E-state index contributed by atoms with van der Waals surface area (Å²) >= 11 is 0. The second kappa shape index (κ2) is 6.29. The van der Waals surface area contributed by atoms with Gasteiger partial charge in [-0.3, -0.25) is 19.7 Å². The van der Waals surface area contributed by atoms with E-state index < -0.39 is 39.3 Å². The van der Waals surface area contributed by atoms with Crippen molar-refractivity contribution in [3.63, 3.8) is 0 Å². The smallest absolute Gasteiger partial charge is 0.282 e. The lowest BCUT2D eigenvalue weighted by molar-refractivity contribution is -0.385. The van der Waals surface area contributed by atoms with Gasteiger partial charge in [-0.2, -0.15) is 0 Å². The molecule has 8 heteroatoms. The number of hydrogen-bond acceptors (Lipinski definition) is 4. The van der Waals surface area contributed by atoms with Gasteiger partial charge in [0.1, 0.15) is 11.4 Å². The number of benzene rings is 1. The number of hydrogen-bond donors (Lipinski definition) is 2. The fraction of sp³-hybridized carbons (Fsp3) is 0.385. The molecular formula is C13H16FN3O4. The third-order valence-electron chi connectivity index (χ3n) is 2.32. The van der Waals surface area contributed by atoms with Gasteiger partial charge in [-0.1, -0.05) is 0 Å². The van der Waals surface area contributed by atoms with E-state index in [4.69, 9.17) is 0 Å². The van der Waals surface area contributed by atoms with Gasteiger partial charge >= 0.3 is 0 Å². The third kappa shape index (κ3) is 5.17. The molecular weight excluding hydrogens is 281 g/mol. The molecule has 0 aliphatic carbocycles. The number of halogens is 1. The Morgan fingerprint density at radius 1 is 1.33 bits per heavy atom. The summed E-state index contributed by atoms with van der Waals surface area (Å²) in [5, 5.41) is 15.6. The number of amides is 2. The number of carbonyl (C=O) groups excluding carboxylic acids is 2. The summed E-state index contributed by atoms with van der Waals surface area (Å²) in [6.45, 7) is 4.95. The van der Waals surface area contributed by atoms with Gasteiger partial charge in [-0.15, -0.1) is 0 Å². The molecule has 114 valence electrons. The van der Waals surface area contributed by atoms with Crippen molar-refractivity contribution in [3.8, 4) is 0 Å². The van der Waals surface area contributed by atoms with Gasteiger partial charge in [-0.05, 0) is 32.9 Å². The molecule has 0 unspecified atom stereocenters. The molecule has 0 spiro atoms. The van der Waals surface area contributed by atoms with Crippen LogP contribution in [0.5, 0.6) is 0 Å². The van der Waals surface area contributed by atoms with Gasteiger partial charge in [0.25, 0.3) is 11.6 Å². The van der Waals surface area contributed by atoms with Crippen LogP contribution in [0, 0.1) is 15.9 Å². The van der Waals surface area contributed by atoms with E-state index in [2.05, 4.69) is 10.6 Å². The Kier molecular flexibility index (Phi) is 4.96. The first kappa shape index (κ1) is 16.5. The molecule has 0 bridgehead atoms. The zero-order chi connectivity index (χ0) is 16.2. The van der Waals surface area contributed by atoms with E-state index in [1.165, 1.54) is 0 Å². The molecule has 0 saturated carbocycles. The van der Waals surface area contributed by atoms with Crippen molar-refractivity contribution in [3.05, 3.63) is 39.7 Å². The summed E-state index contributed by atoms with van der Waals surface area (Å²) in [6.07, 6.45) is 0. The molecule has 7 nitrogen and oxygen atoms in total. The average molecular weight is 297 g/mol. The van der Waals surface area contributed by atoms with E-state index in [-0.39, 0.29) is 6.54 Å². The monoisotopic (exact) mass is 297 g/mol. The Hall–Kier alpha value is -2.51. The molecule has 0 aliphatic rings. The number of rotatable bonds is 4. The number of nitrogens with zero attached hydrogens (tertiary/aromatic N) is 1. The quantitative estimate of drug-likeness (QED) is 0.647. The average Bonchev–Trinajstić information content (AvgIpc) is 2.33. The molecule has 0 heterocycles. The van der Waals surface area contributed by atoms with E-state index in [0.717, 1.165) is 18.2 Å². The molecule has 0 aliphatic heterocycles. The molecule has 1 rings (SSSR count). The highest BCUT2D eigenvalue weighted by atomic mass is 19.1. The van der Waals surface area contributed by atoms with Crippen molar-refractivity contribution in [1.82, 2.24) is 10.6 Å². The first-order chi connectivity index (χ1) is 9.60. The van der Waals surface area contributed by atoms with Crippen LogP contribution in [0.2, 0.25) is 0 Å². The zero-order valence-corrected chi connectivity index (χ0v) is 11.9. The summed E-state index contributed by atoms with van der Waals surface area (Å²) in [5.74, 6) is -2.11. The molecule has 1 aromatic rings. The maximum Gasteiger partial charge on any atom is 0.282 e. The number of nitro groups is 1. The molecule has 2 amide bonds. The number of nitro benzene ring substituents is 1. The SMILES string of the molecule is CC(C)(C)NC(=O)CNC(=O)c1cc(F)ccc1[N+](=O)[O-]. The molecule has 1 aromatic carbocycles. The van der Waals surface area contributed by atoms with E-state index in [0.29, 0.717) is 0 Å². The van der Waals surface area contributed by atoms with Crippen LogP contribution in [-0.4, -0.2) is 28.8 Å². The van der Waals surface area contributed by atoms with E-state index in [9.17, 15) is 24.1 Å². The molecule has 0 fully saturated rings. The number of carbonyl (C=O) groups is 2. The minimum absolute atomic E-state index is 0.357. The third-order valence-corrected chi connectivity index (χ3v) is 2.32. The summed E-state index contributed by atoms with van der Waals surface area (Å²) in [6, 6.07) is 2.55. The Morgan fingerprint density at radius 3 is 2.48 bits per heavy atom. The molecule has 0 aromatic heterocycles. The fourth-order valence-electron chi connectivity index (χ4n) is 1.57. The van der Waals surface area contributed by atoms with Crippen molar-refractivity contribution >= 4 is 17.5 Å². The van der Waals surface area contributed by atoms with E-state index in [1.54, 1.807) is 20.8 Å². The fourth-order valence-corrected chi connectivity index (χ4v) is 1.57. The second-order valence-electron chi connectivity index (χ2n) is 5.40. The van der Waals surface area contributed by atoms with Crippen molar-refractivity contribution in [1.29, 1.82) is 0 Å². The molecule has 0 saturated heterocycles. The van der Waals surface area contributed by atoms with E-state index in [1.807, 2.05) is 0 Å². The Labute approximate surface area is 120 Å². The Balaban J connectivity index is 2.79. The van der Waals surface area contributed by atoms with Crippen LogP contribution in [0.25, 0.3) is 0 Å². The Morgan fingerprint density at radius 2 is 1.95 bits per heavy atom. The molecule has 0 atom stereocenters. The predicted octanol–water partition coefficient (Wildman–Crippen LogP) is 1.38. The van der Waals surface area contributed by atoms with Gasteiger partial charge in [0.15, 0.2) is 0 Å². The maximum absolute atomic E-state index is 13.1. The predicted molar refractivity (Wildman–Crippen MR) is 73.3 cm³/mol. The molecule has 2 N–H and O–H groups in total. The second-order valence-corrected chi connectivity index (χ2v) is 5.40. The lowest BCUT2D eigenvalue weighted by Gasteiger charge is -2.20. The highest BCUT2D eigenvalue weighted by molar-refractivity contribution is 5.99. The lowest BCUT2D eigenvalue weighted by atomic mass is 10.1. The lowest BCUT2D eigenvalue weighted by Crippen LogP contribution is -2.45. The van der Waals surface area contributed by atoms with Crippen molar-refractivity contribution in [2.75, 3.05) is 6.54 Å². The van der Waals surface area contributed by atoms with Gasteiger partial charge < -0.3 is 10.6 Å². The summed E-state index contributed by atoms with van der Waals surface area (Å²) < 4.78 is 13.1. The van der Waals surface area contributed by atoms with Gasteiger partial charge in [0, 0.05) is 11.6 Å². The summed E-state index contributed by atoms with van der Waals surface area (Å²) in [4.78, 5) is 33.4. The van der Waals surface area contributed by atoms with Gasteiger partial charge in [0.05, 0.1) is 11.5 Å². The van der Waals surface area contributed by atoms with Crippen LogP contribution >= 0.6 is 0 Å². The Bertz CT molecular complexity index is 581. The van der Waals surface area contributed by atoms with E-state index >= 15 is 0 Å². The van der Waals surface area contributed by atoms with Crippen molar-refractivity contribution in [2.45, 2.75) is 26.3 Å². The van der Waals surface area contributed by atoms with Crippen LogP contribution in [0.4, 0.5) is 10.1 Å². The molecule has 0 radical (unpaired) electrons. The number of nitrogens with one attached hydrogen (secondary N) is 2. The van der Waals surface area contributed by atoms with Crippen LogP contribution < -0.4 is 10.6 Å². The van der Waals surface area contributed by atoms with Crippen LogP contribution in [0.1, 0.15) is 31.1 Å². The van der Waals surface area contributed by atoms with Crippen molar-refractivity contribution < 1.29 is 18.9 Å². The molecule has 21 heavy (non-hydrogen) atoms. The minimum atomic E-state index is -0.884. The van der Waals surface area contributed by atoms with Crippen LogP contribution in [0.15, 0.2) is 18.2 Å². The summed E-state index contributed by atoms with van der Waals surface area (Å²) in [7, 11) is 0. The van der Waals surface area contributed by atoms with Crippen LogP contribution in [0.3, 0.4) is 0 Å². The summed E-state index contributed by atoms with van der Waals surface area (Å²) in [5.41, 5.74) is -1.42.